The predicted molar refractivity (Wildman–Crippen MR) is 74.2 cm³/mol. The Morgan fingerprint density at radius 3 is 2.21 bits per heavy atom. The molecule has 0 spiro atoms. The third-order valence-corrected chi connectivity index (χ3v) is 2.68. The van der Waals surface area contributed by atoms with Crippen molar-refractivity contribution in [3.63, 3.8) is 0 Å². The molecule has 0 radical (unpaired) electrons. The maximum absolute atomic E-state index is 4.24. The van der Waals surface area contributed by atoms with Gasteiger partial charge >= 0.3 is 0 Å². The Labute approximate surface area is 111 Å². The summed E-state index contributed by atoms with van der Waals surface area (Å²) in [5.74, 6) is 0.704. The van der Waals surface area contributed by atoms with Gasteiger partial charge in [0.2, 0.25) is 0 Å². The first-order valence-electron chi connectivity index (χ1n) is 5.98. The van der Waals surface area contributed by atoms with Gasteiger partial charge in [0.1, 0.15) is 6.33 Å². The molecule has 19 heavy (non-hydrogen) atoms. The van der Waals surface area contributed by atoms with Gasteiger partial charge in [-0.3, -0.25) is 4.57 Å². The summed E-state index contributed by atoms with van der Waals surface area (Å²) in [6, 6.07) is 19.6. The summed E-state index contributed by atoms with van der Waals surface area (Å²) in [5.41, 5.74) is 1.84. The highest BCUT2D eigenvalue weighted by atomic mass is 15.2. The molecule has 3 rings (SSSR count). The van der Waals surface area contributed by atoms with E-state index >= 15 is 0 Å². The molecule has 0 bridgehead atoms. The normalized spacial score (nSPS) is 10.9. The lowest BCUT2D eigenvalue weighted by Gasteiger charge is -2.02. The van der Waals surface area contributed by atoms with Crippen molar-refractivity contribution >= 4 is 11.5 Å². The van der Waals surface area contributed by atoms with Gasteiger partial charge in [0, 0.05) is 5.69 Å². The highest BCUT2D eigenvalue weighted by Crippen LogP contribution is 2.20. The van der Waals surface area contributed by atoms with E-state index in [-0.39, 0.29) is 0 Å². The van der Waals surface area contributed by atoms with E-state index in [4.69, 9.17) is 0 Å². The molecule has 2 aromatic carbocycles. The van der Waals surface area contributed by atoms with Crippen LogP contribution in [0, 0.1) is 0 Å². The van der Waals surface area contributed by atoms with E-state index in [0.29, 0.717) is 5.82 Å². The zero-order chi connectivity index (χ0) is 12.9. The van der Waals surface area contributed by atoms with Gasteiger partial charge in [-0.25, -0.2) is 4.98 Å². The first-order chi connectivity index (χ1) is 9.43. The average molecular weight is 248 g/mol. The number of imidazole rings is 1. The fraction of sp³-hybridized carbons (Fsp3) is 0. The minimum atomic E-state index is 0.704. The minimum absolute atomic E-state index is 0.704. The van der Waals surface area contributed by atoms with Gasteiger partial charge in [-0.15, -0.1) is 10.2 Å². The Kier molecular flexibility index (Phi) is 3.14. The molecule has 0 N–H and O–H groups in total. The van der Waals surface area contributed by atoms with Crippen molar-refractivity contribution in [3.05, 3.63) is 73.2 Å². The van der Waals surface area contributed by atoms with Crippen molar-refractivity contribution in [1.29, 1.82) is 0 Å². The van der Waals surface area contributed by atoms with Crippen LogP contribution in [0.15, 0.2) is 83.4 Å². The number of azo groups is 1. The third-order valence-electron chi connectivity index (χ3n) is 2.68. The van der Waals surface area contributed by atoms with Crippen LogP contribution in [0.1, 0.15) is 0 Å². The lowest BCUT2D eigenvalue weighted by atomic mass is 10.3. The molecule has 1 heterocycles. The molecule has 0 unspecified atom stereocenters. The second-order valence-electron chi connectivity index (χ2n) is 3.99. The molecule has 0 atom stereocenters. The predicted octanol–water partition coefficient (Wildman–Crippen LogP) is 4.29. The summed E-state index contributed by atoms with van der Waals surface area (Å²) in [6.07, 6.45) is 3.42. The average Bonchev–Trinajstić information content (AvgIpc) is 2.95. The highest BCUT2D eigenvalue weighted by Gasteiger charge is 2.02. The van der Waals surface area contributed by atoms with Gasteiger partial charge in [-0.1, -0.05) is 36.4 Å². The highest BCUT2D eigenvalue weighted by molar-refractivity contribution is 5.41. The fourth-order valence-corrected chi connectivity index (χ4v) is 1.75. The molecule has 92 valence electrons. The standard InChI is InChI=1S/C15H12N4/c1-3-7-13(8-4-1)17-18-15-11-16-12-19(15)14-9-5-2-6-10-14/h1-12H. The van der Waals surface area contributed by atoms with Gasteiger partial charge < -0.3 is 0 Å². The van der Waals surface area contributed by atoms with Crippen LogP contribution in [0.25, 0.3) is 5.69 Å². The molecule has 0 amide bonds. The SMILES string of the molecule is c1ccc(N=Nc2cncn2-c2ccccc2)cc1. The van der Waals surface area contributed by atoms with E-state index in [1.807, 2.05) is 65.2 Å². The van der Waals surface area contributed by atoms with Crippen molar-refractivity contribution in [2.45, 2.75) is 0 Å². The molecule has 3 aromatic rings. The summed E-state index contributed by atoms with van der Waals surface area (Å²) in [6.45, 7) is 0. The second kappa shape index (κ2) is 5.27. The van der Waals surface area contributed by atoms with Crippen molar-refractivity contribution < 1.29 is 0 Å². The summed E-state index contributed by atoms with van der Waals surface area (Å²) >= 11 is 0. The van der Waals surface area contributed by atoms with E-state index in [9.17, 15) is 0 Å². The molecule has 0 saturated heterocycles. The minimum Gasteiger partial charge on any atom is -0.282 e. The number of para-hydroxylation sites is 1. The van der Waals surface area contributed by atoms with Crippen LogP contribution >= 0.6 is 0 Å². The molecule has 4 heteroatoms. The number of aromatic nitrogens is 2. The first-order valence-corrected chi connectivity index (χ1v) is 5.98. The van der Waals surface area contributed by atoms with Crippen LogP contribution in [0.3, 0.4) is 0 Å². The Morgan fingerprint density at radius 2 is 1.47 bits per heavy atom. The van der Waals surface area contributed by atoms with E-state index in [0.717, 1.165) is 11.4 Å². The van der Waals surface area contributed by atoms with Crippen LogP contribution in [-0.4, -0.2) is 9.55 Å². The van der Waals surface area contributed by atoms with Crippen molar-refractivity contribution in [1.82, 2.24) is 9.55 Å². The maximum Gasteiger partial charge on any atom is 0.179 e. The molecule has 0 fully saturated rings. The van der Waals surface area contributed by atoms with Crippen molar-refractivity contribution in [2.24, 2.45) is 10.2 Å². The number of rotatable bonds is 3. The summed E-state index contributed by atoms with van der Waals surface area (Å²) in [7, 11) is 0. The van der Waals surface area contributed by atoms with Gasteiger partial charge in [0.15, 0.2) is 5.82 Å². The Bertz CT molecular complexity index is 672. The zero-order valence-corrected chi connectivity index (χ0v) is 10.2. The molecule has 0 aliphatic rings. The molecule has 0 aliphatic heterocycles. The molecule has 4 nitrogen and oxygen atoms in total. The monoisotopic (exact) mass is 248 g/mol. The van der Waals surface area contributed by atoms with Crippen LogP contribution in [0.2, 0.25) is 0 Å². The lowest BCUT2D eigenvalue weighted by molar-refractivity contribution is 1.02. The van der Waals surface area contributed by atoms with Crippen molar-refractivity contribution in [3.8, 4) is 5.69 Å². The summed E-state index contributed by atoms with van der Waals surface area (Å²) in [5, 5.41) is 8.44. The van der Waals surface area contributed by atoms with E-state index < -0.39 is 0 Å². The first kappa shape index (κ1) is 11.3. The second-order valence-corrected chi connectivity index (χ2v) is 3.99. The van der Waals surface area contributed by atoms with Crippen LogP contribution in [0.5, 0.6) is 0 Å². The van der Waals surface area contributed by atoms with Crippen molar-refractivity contribution in [2.75, 3.05) is 0 Å². The summed E-state index contributed by atoms with van der Waals surface area (Å²) < 4.78 is 1.90. The number of benzene rings is 2. The van der Waals surface area contributed by atoms with Gasteiger partial charge in [-0.05, 0) is 24.3 Å². The maximum atomic E-state index is 4.24. The quantitative estimate of drug-likeness (QED) is 0.637. The van der Waals surface area contributed by atoms with Gasteiger partial charge in [0.05, 0.1) is 11.9 Å². The molecule has 1 aromatic heterocycles. The fourth-order valence-electron chi connectivity index (χ4n) is 1.75. The molecule has 0 saturated carbocycles. The van der Waals surface area contributed by atoms with Crippen LogP contribution in [0.4, 0.5) is 11.5 Å². The van der Waals surface area contributed by atoms with Gasteiger partial charge in [-0.2, -0.15) is 0 Å². The van der Waals surface area contributed by atoms with Crippen LogP contribution in [-0.2, 0) is 0 Å². The van der Waals surface area contributed by atoms with Gasteiger partial charge in [0.25, 0.3) is 0 Å². The number of hydrogen-bond donors (Lipinski definition) is 0. The number of nitrogens with zero attached hydrogens (tertiary/aromatic N) is 4. The lowest BCUT2D eigenvalue weighted by Crippen LogP contribution is -1.89. The Morgan fingerprint density at radius 1 is 0.789 bits per heavy atom. The van der Waals surface area contributed by atoms with E-state index in [1.54, 1.807) is 12.5 Å². The molecular weight excluding hydrogens is 236 g/mol. The largest absolute Gasteiger partial charge is 0.282 e. The third kappa shape index (κ3) is 2.57. The molecule has 0 aliphatic carbocycles. The summed E-state index contributed by atoms with van der Waals surface area (Å²) in [4.78, 5) is 4.12. The van der Waals surface area contributed by atoms with Crippen LogP contribution < -0.4 is 0 Å². The molecular formula is C15H12N4. The number of hydrogen-bond acceptors (Lipinski definition) is 3. The van der Waals surface area contributed by atoms with E-state index in [1.165, 1.54) is 0 Å². The Hall–Kier alpha value is -2.75. The Balaban J connectivity index is 1.91. The zero-order valence-electron chi connectivity index (χ0n) is 10.2. The smallest absolute Gasteiger partial charge is 0.179 e. The van der Waals surface area contributed by atoms with E-state index in [2.05, 4.69) is 15.2 Å². The topological polar surface area (TPSA) is 42.5 Å².